The Bertz CT molecular complexity index is 546. The minimum absolute atomic E-state index is 0.0157. The van der Waals surface area contributed by atoms with Crippen LogP contribution >= 0.6 is 11.3 Å². The van der Waals surface area contributed by atoms with Gasteiger partial charge in [0.05, 0.1) is 6.42 Å². The molecular weight excluding hydrogens is 260 g/mol. The summed E-state index contributed by atoms with van der Waals surface area (Å²) < 4.78 is 0. The van der Waals surface area contributed by atoms with Crippen LogP contribution in [-0.2, 0) is 4.79 Å². The Morgan fingerprint density at radius 2 is 1.84 bits per heavy atom. The first-order valence-electron chi connectivity index (χ1n) is 5.99. The molecule has 0 amide bonds. The van der Waals surface area contributed by atoms with E-state index in [1.807, 2.05) is 35.0 Å². The molecule has 2 rings (SSSR count). The van der Waals surface area contributed by atoms with Gasteiger partial charge in [0.1, 0.15) is 0 Å². The Morgan fingerprint density at radius 3 is 2.42 bits per heavy atom. The highest BCUT2D eigenvalue weighted by Crippen LogP contribution is 2.27. The number of hydrogen-bond acceptors (Lipinski definition) is 3. The van der Waals surface area contributed by atoms with Gasteiger partial charge in [0.15, 0.2) is 5.78 Å². The van der Waals surface area contributed by atoms with Crippen LogP contribution in [0.4, 0.5) is 0 Å². The molecule has 0 bridgehead atoms. The maximum Gasteiger partial charge on any atom is 0.303 e. The van der Waals surface area contributed by atoms with E-state index in [9.17, 15) is 9.59 Å². The van der Waals surface area contributed by atoms with Crippen LogP contribution in [-0.4, -0.2) is 16.9 Å². The van der Waals surface area contributed by atoms with Crippen LogP contribution in [0.3, 0.4) is 0 Å². The summed E-state index contributed by atoms with van der Waals surface area (Å²) in [5.41, 5.74) is 1.56. The third-order valence-corrected chi connectivity index (χ3v) is 3.66. The van der Waals surface area contributed by atoms with E-state index in [0.29, 0.717) is 5.56 Å². The lowest BCUT2D eigenvalue weighted by Crippen LogP contribution is -2.11. The molecule has 0 aliphatic carbocycles. The average molecular weight is 274 g/mol. The Kier molecular flexibility index (Phi) is 4.47. The summed E-state index contributed by atoms with van der Waals surface area (Å²) in [7, 11) is 0. The monoisotopic (exact) mass is 274 g/mol. The highest BCUT2D eigenvalue weighted by molar-refractivity contribution is 7.08. The van der Waals surface area contributed by atoms with Gasteiger partial charge in [-0.2, -0.15) is 11.3 Å². The molecule has 1 heterocycles. The van der Waals surface area contributed by atoms with Crippen molar-refractivity contribution in [1.29, 1.82) is 0 Å². The Hall–Kier alpha value is -1.94. The summed E-state index contributed by atoms with van der Waals surface area (Å²) in [5.74, 6) is -1.15. The van der Waals surface area contributed by atoms with Gasteiger partial charge in [0.25, 0.3) is 0 Å². The molecule has 0 saturated carbocycles. The average Bonchev–Trinajstić information content (AvgIpc) is 2.92. The van der Waals surface area contributed by atoms with Gasteiger partial charge in [-0.1, -0.05) is 30.3 Å². The van der Waals surface area contributed by atoms with E-state index in [-0.39, 0.29) is 24.5 Å². The fourth-order valence-electron chi connectivity index (χ4n) is 1.99. The molecule has 1 atom stereocenters. The van der Waals surface area contributed by atoms with Gasteiger partial charge in [0.2, 0.25) is 0 Å². The first kappa shape index (κ1) is 13.5. The zero-order valence-corrected chi connectivity index (χ0v) is 11.1. The van der Waals surface area contributed by atoms with Gasteiger partial charge in [-0.3, -0.25) is 9.59 Å². The van der Waals surface area contributed by atoms with Gasteiger partial charge >= 0.3 is 5.97 Å². The topological polar surface area (TPSA) is 54.4 Å². The minimum Gasteiger partial charge on any atom is -0.481 e. The predicted octanol–water partition coefficient (Wildman–Crippen LogP) is 3.58. The number of carbonyl (C=O) groups excluding carboxylic acids is 1. The van der Waals surface area contributed by atoms with E-state index in [4.69, 9.17) is 5.11 Å². The number of benzene rings is 1. The smallest absolute Gasteiger partial charge is 0.303 e. The standard InChI is InChI=1S/C15H14O3S/c16-14(11-4-2-1-3-5-11)8-13(9-15(17)18)12-6-7-19-10-12/h1-7,10,13H,8-9H2,(H,17,18)/t13-/m0/s1. The van der Waals surface area contributed by atoms with Crippen molar-refractivity contribution >= 4 is 23.1 Å². The van der Waals surface area contributed by atoms with Gasteiger partial charge in [-0.25, -0.2) is 0 Å². The molecule has 1 N–H and O–H groups in total. The SMILES string of the molecule is O=C(O)C[C@H](CC(=O)c1ccccc1)c1ccsc1. The molecule has 0 saturated heterocycles. The van der Waals surface area contributed by atoms with E-state index >= 15 is 0 Å². The van der Waals surface area contributed by atoms with Gasteiger partial charge in [0, 0.05) is 17.9 Å². The fraction of sp³-hybridized carbons (Fsp3) is 0.200. The molecule has 0 aliphatic rings. The highest BCUT2D eigenvalue weighted by atomic mass is 32.1. The molecular formula is C15H14O3S. The second-order valence-electron chi connectivity index (χ2n) is 4.34. The maximum atomic E-state index is 12.1. The lowest BCUT2D eigenvalue weighted by molar-refractivity contribution is -0.137. The Labute approximate surface area is 115 Å². The summed E-state index contributed by atoms with van der Waals surface area (Å²) in [6, 6.07) is 10.9. The van der Waals surface area contributed by atoms with Crippen LogP contribution in [0.2, 0.25) is 0 Å². The number of carboxylic acids is 1. The van der Waals surface area contributed by atoms with Crippen molar-refractivity contribution in [2.24, 2.45) is 0 Å². The zero-order chi connectivity index (χ0) is 13.7. The second-order valence-corrected chi connectivity index (χ2v) is 5.12. The van der Waals surface area contributed by atoms with Crippen molar-refractivity contribution in [3.63, 3.8) is 0 Å². The lowest BCUT2D eigenvalue weighted by atomic mass is 9.91. The molecule has 0 radical (unpaired) electrons. The van der Waals surface area contributed by atoms with E-state index in [1.54, 1.807) is 12.1 Å². The first-order valence-corrected chi connectivity index (χ1v) is 6.93. The number of Topliss-reactive ketones (excluding diaryl/α,β-unsaturated/α-hetero) is 1. The summed E-state index contributed by atoms with van der Waals surface area (Å²) >= 11 is 1.51. The molecule has 3 nitrogen and oxygen atoms in total. The van der Waals surface area contributed by atoms with E-state index < -0.39 is 5.97 Å². The lowest BCUT2D eigenvalue weighted by Gasteiger charge is -2.12. The van der Waals surface area contributed by atoms with Crippen molar-refractivity contribution in [3.8, 4) is 0 Å². The Morgan fingerprint density at radius 1 is 1.11 bits per heavy atom. The second kappa shape index (κ2) is 6.29. The molecule has 4 heteroatoms. The van der Waals surface area contributed by atoms with Crippen LogP contribution in [0.15, 0.2) is 47.2 Å². The van der Waals surface area contributed by atoms with Crippen molar-refractivity contribution in [2.75, 3.05) is 0 Å². The molecule has 1 aromatic carbocycles. The molecule has 0 aliphatic heterocycles. The number of hydrogen-bond donors (Lipinski definition) is 1. The summed E-state index contributed by atoms with van der Waals surface area (Å²) in [6.45, 7) is 0. The molecule has 0 unspecified atom stereocenters. The van der Waals surface area contributed by atoms with Crippen LogP contribution in [0.25, 0.3) is 0 Å². The predicted molar refractivity (Wildman–Crippen MR) is 74.7 cm³/mol. The van der Waals surface area contributed by atoms with Gasteiger partial charge in [-0.15, -0.1) is 0 Å². The van der Waals surface area contributed by atoms with Crippen LogP contribution in [0, 0.1) is 0 Å². The van der Waals surface area contributed by atoms with Crippen molar-refractivity contribution < 1.29 is 14.7 Å². The van der Waals surface area contributed by atoms with Crippen LogP contribution < -0.4 is 0 Å². The van der Waals surface area contributed by atoms with E-state index in [1.165, 1.54) is 11.3 Å². The number of aliphatic carboxylic acids is 1. The largest absolute Gasteiger partial charge is 0.481 e. The normalized spacial score (nSPS) is 12.0. The van der Waals surface area contributed by atoms with Crippen molar-refractivity contribution in [1.82, 2.24) is 0 Å². The first-order chi connectivity index (χ1) is 9.16. The van der Waals surface area contributed by atoms with Crippen LogP contribution in [0.5, 0.6) is 0 Å². The number of rotatable bonds is 6. The van der Waals surface area contributed by atoms with E-state index in [2.05, 4.69) is 0 Å². The van der Waals surface area contributed by atoms with Crippen molar-refractivity contribution in [2.45, 2.75) is 18.8 Å². The fourth-order valence-corrected chi connectivity index (χ4v) is 2.73. The van der Waals surface area contributed by atoms with Crippen LogP contribution in [0.1, 0.15) is 34.7 Å². The molecule has 98 valence electrons. The minimum atomic E-state index is -0.878. The summed E-state index contributed by atoms with van der Waals surface area (Å²) in [6.07, 6.45) is 0.211. The molecule has 0 fully saturated rings. The van der Waals surface area contributed by atoms with Crippen molar-refractivity contribution in [3.05, 3.63) is 58.3 Å². The summed E-state index contributed by atoms with van der Waals surface area (Å²) in [5, 5.41) is 12.8. The number of ketones is 1. The summed E-state index contributed by atoms with van der Waals surface area (Å²) in [4.78, 5) is 23.1. The third-order valence-electron chi connectivity index (χ3n) is 2.96. The van der Waals surface area contributed by atoms with Gasteiger partial charge < -0.3 is 5.11 Å². The maximum absolute atomic E-state index is 12.1. The quantitative estimate of drug-likeness (QED) is 0.819. The number of thiophene rings is 1. The van der Waals surface area contributed by atoms with E-state index in [0.717, 1.165) is 5.56 Å². The van der Waals surface area contributed by atoms with Gasteiger partial charge in [-0.05, 0) is 22.4 Å². The number of carboxylic acid groups (broad SMARTS) is 1. The molecule has 19 heavy (non-hydrogen) atoms. The molecule has 1 aromatic heterocycles. The number of carbonyl (C=O) groups is 2. The third kappa shape index (κ3) is 3.76. The molecule has 0 spiro atoms. The highest BCUT2D eigenvalue weighted by Gasteiger charge is 2.20. The zero-order valence-electron chi connectivity index (χ0n) is 10.3. The Balaban J connectivity index is 2.12. The molecule has 2 aromatic rings.